The van der Waals surface area contributed by atoms with Gasteiger partial charge < -0.3 is 25.1 Å². The van der Waals surface area contributed by atoms with E-state index < -0.39 is 4.92 Å². The van der Waals surface area contributed by atoms with Gasteiger partial charge in [-0.05, 0) is 29.7 Å². The third-order valence-corrected chi connectivity index (χ3v) is 2.52. The minimum Gasteiger partial charge on any atom is -0.393 e. The molecule has 8 nitrogen and oxygen atoms in total. The van der Waals surface area contributed by atoms with Crippen LogP contribution in [0.5, 0.6) is 0 Å². The molecule has 0 spiro atoms. The van der Waals surface area contributed by atoms with Crippen LogP contribution < -0.4 is 5.32 Å². The molecule has 2 N–H and O–H groups in total. The zero-order chi connectivity index (χ0) is 14.3. The van der Waals surface area contributed by atoms with Gasteiger partial charge in [0.2, 0.25) is 12.2 Å². The molecular formula is C11H18N4O4. The number of imidazole rings is 1. The number of amides is 1. The number of carbonyl (C=O) groups excluding carboxylic acids is 1. The second-order valence-corrected chi connectivity index (χ2v) is 4.32. The molecule has 0 bridgehead atoms. The Bertz CT molecular complexity index is 430. The monoisotopic (exact) mass is 270 g/mol. The average Bonchev–Trinajstić information content (AvgIpc) is 2.81. The van der Waals surface area contributed by atoms with Crippen LogP contribution in [0.2, 0.25) is 0 Å². The van der Waals surface area contributed by atoms with Crippen molar-refractivity contribution in [2.45, 2.75) is 38.8 Å². The van der Waals surface area contributed by atoms with Crippen LogP contribution in [0.3, 0.4) is 0 Å². The molecule has 1 unspecified atom stereocenters. The Labute approximate surface area is 110 Å². The van der Waals surface area contributed by atoms with Crippen LogP contribution in [0, 0.1) is 10.1 Å². The normalized spacial score (nSPS) is 12.1. The van der Waals surface area contributed by atoms with Gasteiger partial charge in [-0.1, -0.05) is 0 Å². The van der Waals surface area contributed by atoms with E-state index in [1.807, 2.05) is 0 Å². The minimum atomic E-state index is -0.577. The lowest BCUT2D eigenvalue weighted by atomic mass is 10.2. The molecule has 0 aliphatic carbocycles. The summed E-state index contributed by atoms with van der Waals surface area (Å²) in [5, 5.41) is 22.2. The maximum Gasteiger partial charge on any atom is 0.381 e. The Hall–Kier alpha value is -1.96. The molecule has 19 heavy (non-hydrogen) atoms. The highest BCUT2D eigenvalue weighted by atomic mass is 16.6. The Morgan fingerprint density at radius 2 is 2.42 bits per heavy atom. The Morgan fingerprint density at radius 1 is 1.68 bits per heavy atom. The highest BCUT2D eigenvalue weighted by molar-refractivity contribution is 5.75. The number of hydrogen-bond acceptors (Lipinski definition) is 5. The molecule has 0 saturated heterocycles. The molecular weight excluding hydrogens is 252 g/mol. The number of aliphatic hydroxyl groups excluding tert-OH is 1. The number of hydrogen-bond donors (Lipinski definition) is 2. The number of nitro groups is 1. The molecule has 1 rings (SSSR count). The van der Waals surface area contributed by atoms with E-state index in [2.05, 4.69) is 10.3 Å². The summed E-state index contributed by atoms with van der Waals surface area (Å²) in [5.41, 5.74) is 0. The molecule has 0 aliphatic rings. The number of nitrogens with zero attached hydrogens (tertiary/aromatic N) is 3. The summed E-state index contributed by atoms with van der Waals surface area (Å²) in [7, 11) is 0. The van der Waals surface area contributed by atoms with E-state index in [-0.39, 0.29) is 24.2 Å². The van der Waals surface area contributed by atoms with Crippen LogP contribution in [-0.4, -0.2) is 38.1 Å². The highest BCUT2D eigenvalue weighted by Crippen LogP contribution is 2.05. The van der Waals surface area contributed by atoms with E-state index in [1.165, 1.54) is 17.1 Å². The second-order valence-electron chi connectivity index (χ2n) is 4.32. The lowest BCUT2D eigenvalue weighted by Crippen LogP contribution is -2.25. The molecule has 1 amide bonds. The summed E-state index contributed by atoms with van der Waals surface area (Å²) in [4.78, 5) is 24.9. The molecule has 1 heterocycles. The van der Waals surface area contributed by atoms with Crippen molar-refractivity contribution in [2.24, 2.45) is 0 Å². The smallest absolute Gasteiger partial charge is 0.381 e. The molecule has 1 aromatic heterocycles. The summed E-state index contributed by atoms with van der Waals surface area (Å²) in [5.74, 6) is -0.348. The maximum atomic E-state index is 11.5. The molecule has 1 atom stereocenters. The van der Waals surface area contributed by atoms with Gasteiger partial charge in [0.05, 0.1) is 6.10 Å². The lowest BCUT2D eigenvalue weighted by Gasteiger charge is -2.06. The lowest BCUT2D eigenvalue weighted by molar-refractivity contribution is -0.389. The fraction of sp³-hybridized carbons (Fsp3) is 0.636. The summed E-state index contributed by atoms with van der Waals surface area (Å²) in [6.07, 6.45) is 3.87. The first-order valence-electron chi connectivity index (χ1n) is 6.10. The van der Waals surface area contributed by atoms with Crippen molar-refractivity contribution in [2.75, 3.05) is 6.54 Å². The van der Waals surface area contributed by atoms with E-state index in [0.717, 1.165) is 6.42 Å². The van der Waals surface area contributed by atoms with Gasteiger partial charge in [-0.25, -0.2) is 0 Å². The first kappa shape index (κ1) is 15.1. The van der Waals surface area contributed by atoms with Gasteiger partial charge in [-0.2, -0.15) is 0 Å². The largest absolute Gasteiger partial charge is 0.393 e. The second kappa shape index (κ2) is 7.47. The highest BCUT2D eigenvalue weighted by Gasteiger charge is 2.10. The third-order valence-electron chi connectivity index (χ3n) is 2.52. The summed E-state index contributed by atoms with van der Waals surface area (Å²) in [6, 6.07) is 0. The molecule has 0 fully saturated rings. The minimum absolute atomic E-state index is 0.123. The Morgan fingerprint density at radius 3 is 3.00 bits per heavy atom. The van der Waals surface area contributed by atoms with Crippen LogP contribution >= 0.6 is 0 Å². The van der Waals surface area contributed by atoms with E-state index >= 15 is 0 Å². The van der Waals surface area contributed by atoms with Gasteiger partial charge in [0.25, 0.3) is 0 Å². The molecule has 106 valence electrons. The third kappa shape index (κ3) is 5.96. The number of nitrogens with one attached hydrogen (secondary N) is 1. The Balaban J connectivity index is 2.20. The zero-order valence-electron chi connectivity index (χ0n) is 10.8. The molecule has 0 radical (unpaired) electrons. The molecule has 0 aliphatic heterocycles. The zero-order valence-corrected chi connectivity index (χ0v) is 10.8. The number of aryl methyl sites for hydroxylation is 1. The van der Waals surface area contributed by atoms with Crippen molar-refractivity contribution >= 4 is 11.7 Å². The molecule has 0 saturated carbocycles. The standard InChI is InChI=1S/C11H18N4O4/c1-9(16)3-2-5-12-11(17)4-6-14-7-10(13-8-14)15(18)19/h7-9,16H,2-6H2,1H3,(H,12,17). The summed E-state index contributed by atoms with van der Waals surface area (Å²) in [6.45, 7) is 2.57. The fourth-order valence-electron chi connectivity index (χ4n) is 1.51. The van der Waals surface area contributed by atoms with E-state index in [9.17, 15) is 14.9 Å². The van der Waals surface area contributed by atoms with E-state index in [1.54, 1.807) is 6.92 Å². The number of aliphatic hydroxyl groups is 1. The summed E-state index contributed by atoms with van der Waals surface area (Å²) < 4.78 is 1.51. The van der Waals surface area contributed by atoms with Crippen LogP contribution in [0.15, 0.2) is 12.5 Å². The van der Waals surface area contributed by atoms with Crippen molar-refractivity contribution in [3.63, 3.8) is 0 Å². The van der Waals surface area contributed by atoms with Gasteiger partial charge in [-0.15, -0.1) is 0 Å². The van der Waals surface area contributed by atoms with E-state index in [4.69, 9.17) is 5.11 Å². The molecule has 8 heteroatoms. The number of aromatic nitrogens is 2. The topological polar surface area (TPSA) is 110 Å². The van der Waals surface area contributed by atoms with Gasteiger partial charge >= 0.3 is 5.82 Å². The first-order chi connectivity index (χ1) is 8.99. The average molecular weight is 270 g/mol. The molecule has 0 aromatic carbocycles. The number of rotatable bonds is 8. The van der Waals surface area contributed by atoms with Crippen molar-refractivity contribution < 1.29 is 14.8 Å². The molecule has 1 aromatic rings. The fourth-order valence-corrected chi connectivity index (χ4v) is 1.51. The van der Waals surface area contributed by atoms with Crippen molar-refractivity contribution in [1.29, 1.82) is 0 Å². The van der Waals surface area contributed by atoms with Gasteiger partial charge in [0.1, 0.15) is 6.20 Å². The van der Waals surface area contributed by atoms with Crippen LogP contribution in [0.4, 0.5) is 5.82 Å². The van der Waals surface area contributed by atoms with Crippen LogP contribution in [0.1, 0.15) is 26.2 Å². The van der Waals surface area contributed by atoms with Gasteiger partial charge in [0.15, 0.2) is 0 Å². The predicted molar refractivity (Wildman–Crippen MR) is 67.4 cm³/mol. The van der Waals surface area contributed by atoms with Crippen LogP contribution in [0.25, 0.3) is 0 Å². The maximum absolute atomic E-state index is 11.5. The van der Waals surface area contributed by atoms with Crippen LogP contribution in [-0.2, 0) is 11.3 Å². The van der Waals surface area contributed by atoms with Gasteiger partial charge in [0, 0.05) is 19.5 Å². The van der Waals surface area contributed by atoms with Crippen molar-refractivity contribution in [1.82, 2.24) is 14.9 Å². The van der Waals surface area contributed by atoms with Gasteiger partial charge in [-0.3, -0.25) is 4.79 Å². The SMILES string of the molecule is CC(O)CCCNC(=O)CCn1cnc([N+](=O)[O-])c1. The van der Waals surface area contributed by atoms with E-state index in [0.29, 0.717) is 19.5 Å². The predicted octanol–water partition coefficient (Wildman–Crippen LogP) is 0.459. The summed E-state index contributed by atoms with van der Waals surface area (Å²) >= 11 is 0. The quantitative estimate of drug-likeness (QED) is 0.405. The van der Waals surface area contributed by atoms with Crippen molar-refractivity contribution in [3.8, 4) is 0 Å². The Kier molecular flexibility index (Phi) is 5.94. The number of carbonyl (C=O) groups is 1. The first-order valence-corrected chi connectivity index (χ1v) is 6.10. The van der Waals surface area contributed by atoms with Crippen molar-refractivity contribution in [3.05, 3.63) is 22.6 Å².